The van der Waals surface area contributed by atoms with Crippen molar-refractivity contribution in [2.45, 2.75) is 32.6 Å². The Morgan fingerprint density at radius 2 is 2.07 bits per heavy atom. The Labute approximate surface area is 86.8 Å². The molecule has 5 heteroatoms. The first-order chi connectivity index (χ1) is 7.18. The van der Waals surface area contributed by atoms with Crippen molar-refractivity contribution in [1.29, 1.82) is 0 Å². The zero-order chi connectivity index (χ0) is 10.8. The fourth-order valence-electron chi connectivity index (χ4n) is 1.83. The van der Waals surface area contributed by atoms with Crippen molar-refractivity contribution in [2.75, 3.05) is 0 Å². The van der Waals surface area contributed by atoms with Crippen molar-refractivity contribution >= 4 is 11.9 Å². The Hall–Kier alpha value is -1.65. The van der Waals surface area contributed by atoms with Crippen LogP contribution in [-0.2, 0) is 22.4 Å². The van der Waals surface area contributed by atoms with Gasteiger partial charge in [-0.2, -0.15) is 5.10 Å². The molecule has 80 valence electrons. The molecule has 0 saturated heterocycles. The van der Waals surface area contributed by atoms with Crippen LogP contribution in [0, 0.1) is 0 Å². The highest BCUT2D eigenvalue weighted by Gasteiger charge is 2.23. The third-order valence-electron chi connectivity index (χ3n) is 2.49. The van der Waals surface area contributed by atoms with Gasteiger partial charge in [0, 0.05) is 18.2 Å². The molecule has 2 rings (SSSR count). The van der Waals surface area contributed by atoms with E-state index >= 15 is 0 Å². The predicted molar refractivity (Wildman–Crippen MR) is 51.3 cm³/mol. The molecular formula is C10H12N2O3. The van der Waals surface area contributed by atoms with E-state index in [-0.39, 0.29) is 5.69 Å². The maximum absolute atomic E-state index is 11.5. The van der Waals surface area contributed by atoms with E-state index < -0.39 is 11.9 Å². The van der Waals surface area contributed by atoms with Crippen molar-refractivity contribution in [3.63, 3.8) is 0 Å². The number of hydrogen-bond donors (Lipinski definition) is 1. The molecule has 0 aromatic carbocycles. The molecule has 0 unspecified atom stereocenters. The molecular weight excluding hydrogens is 196 g/mol. The lowest BCUT2D eigenvalue weighted by molar-refractivity contribution is -0.135. The van der Waals surface area contributed by atoms with Crippen molar-refractivity contribution in [3.8, 4) is 0 Å². The van der Waals surface area contributed by atoms with E-state index in [1.54, 1.807) is 0 Å². The summed E-state index contributed by atoms with van der Waals surface area (Å²) in [6.07, 6.45) is 3.90. The van der Waals surface area contributed by atoms with Crippen LogP contribution in [0.1, 0.15) is 41.5 Å². The quantitative estimate of drug-likeness (QED) is 0.551. The van der Waals surface area contributed by atoms with Gasteiger partial charge in [0.05, 0.1) is 0 Å². The maximum Gasteiger partial charge on any atom is 0.366 e. The van der Waals surface area contributed by atoms with Crippen LogP contribution >= 0.6 is 0 Å². The van der Waals surface area contributed by atoms with Gasteiger partial charge < -0.3 is 4.74 Å². The summed E-state index contributed by atoms with van der Waals surface area (Å²) in [5.74, 6) is -1.26. The highest BCUT2D eigenvalue weighted by molar-refractivity contribution is 5.96. The Balaban J connectivity index is 2.25. The smallest absolute Gasteiger partial charge is 0.366 e. The number of hydrogen-bond acceptors (Lipinski definition) is 4. The van der Waals surface area contributed by atoms with Crippen LogP contribution in [0.2, 0.25) is 0 Å². The van der Waals surface area contributed by atoms with Gasteiger partial charge in [0.2, 0.25) is 0 Å². The summed E-state index contributed by atoms with van der Waals surface area (Å²) in [6, 6.07) is 0. The number of carbonyl (C=O) groups is 2. The number of esters is 2. The number of aromatic amines is 1. The minimum absolute atomic E-state index is 0.264. The largest absolute Gasteiger partial charge is 0.388 e. The summed E-state index contributed by atoms with van der Waals surface area (Å²) >= 11 is 0. The first kappa shape index (κ1) is 9.89. The lowest BCUT2D eigenvalue weighted by Gasteiger charge is -2.09. The van der Waals surface area contributed by atoms with Crippen molar-refractivity contribution in [3.05, 3.63) is 17.0 Å². The van der Waals surface area contributed by atoms with Gasteiger partial charge in [-0.25, -0.2) is 4.79 Å². The number of nitrogens with zero attached hydrogens (tertiary/aromatic N) is 1. The first-order valence-corrected chi connectivity index (χ1v) is 4.97. The number of ether oxygens (including phenoxy) is 1. The molecule has 5 nitrogen and oxygen atoms in total. The van der Waals surface area contributed by atoms with Crippen LogP contribution in [0.4, 0.5) is 0 Å². The third-order valence-corrected chi connectivity index (χ3v) is 2.49. The van der Waals surface area contributed by atoms with Crippen LogP contribution in [0.15, 0.2) is 0 Å². The molecule has 0 bridgehead atoms. The highest BCUT2D eigenvalue weighted by atomic mass is 16.6. The second-order valence-electron chi connectivity index (χ2n) is 3.62. The fraction of sp³-hybridized carbons (Fsp3) is 0.500. The SMILES string of the molecule is CC(=O)OC(=O)c1n[nH]c2c1CCCC2. The number of fused-ring (bicyclic) bond motifs is 1. The van der Waals surface area contributed by atoms with Gasteiger partial charge in [-0.05, 0) is 25.7 Å². The normalized spacial score (nSPS) is 14.5. The Morgan fingerprint density at radius 1 is 1.33 bits per heavy atom. The first-order valence-electron chi connectivity index (χ1n) is 4.97. The van der Waals surface area contributed by atoms with Gasteiger partial charge in [-0.3, -0.25) is 9.89 Å². The highest BCUT2D eigenvalue weighted by Crippen LogP contribution is 2.22. The van der Waals surface area contributed by atoms with Crippen LogP contribution in [0.5, 0.6) is 0 Å². The summed E-state index contributed by atoms with van der Waals surface area (Å²) in [7, 11) is 0. The summed E-state index contributed by atoms with van der Waals surface area (Å²) in [5.41, 5.74) is 2.17. The molecule has 0 fully saturated rings. The topological polar surface area (TPSA) is 72.1 Å². The van der Waals surface area contributed by atoms with Gasteiger partial charge in [-0.15, -0.1) is 0 Å². The van der Waals surface area contributed by atoms with E-state index in [1.807, 2.05) is 0 Å². The lowest BCUT2D eigenvalue weighted by atomic mass is 9.96. The minimum Gasteiger partial charge on any atom is -0.388 e. The molecule has 1 heterocycles. The summed E-state index contributed by atoms with van der Waals surface area (Å²) in [6.45, 7) is 1.21. The summed E-state index contributed by atoms with van der Waals surface area (Å²) in [5, 5.41) is 6.72. The second kappa shape index (κ2) is 3.84. The van der Waals surface area contributed by atoms with E-state index in [0.29, 0.717) is 0 Å². The molecule has 1 aromatic heterocycles. The van der Waals surface area contributed by atoms with Crippen molar-refractivity contribution < 1.29 is 14.3 Å². The average molecular weight is 208 g/mol. The monoisotopic (exact) mass is 208 g/mol. The van der Waals surface area contributed by atoms with Gasteiger partial charge >= 0.3 is 11.9 Å². The second-order valence-corrected chi connectivity index (χ2v) is 3.62. The third kappa shape index (κ3) is 1.91. The average Bonchev–Trinajstić information content (AvgIpc) is 2.59. The molecule has 1 aliphatic rings. The van der Waals surface area contributed by atoms with Gasteiger partial charge in [-0.1, -0.05) is 0 Å². The van der Waals surface area contributed by atoms with Gasteiger partial charge in [0.25, 0.3) is 0 Å². The number of aromatic nitrogens is 2. The van der Waals surface area contributed by atoms with E-state index in [9.17, 15) is 9.59 Å². The van der Waals surface area contributed by atoms with E-state index in [1.165, 1.54) is 6.92 Å². The van der Waals surface area contributed by atoms with Gasteiger partial charge in [0.15, 0.2) is 5.69 Å². The number of aryl methyl sites for hydroxylation is 1. The number of carbonyl (C=O) groups excluding carboxylic acids is 2. The molecule has 1 N–H and O–H groups in total. The van der Waals surface area contributed by atoms with Crippen LogP contribution in [0.25, 0.3) is 0 Å². The minimum atomic E-state index is -0.651. The molecule has 0 aliphatic heterocycles. The van der Waals surface area contributed by atoms with Crippen LogP contribution in [-0.4, -0.2) is 22.1 Å². The number of rotatable bonds is 1. The molecule has 0 radical (unpaired) electrons. The predicted octanol–water partition coefficient (Wildman–Crippen LogP) is 0.992. The standard InChI is InChI=1S/C10H12N2O3/c1-6(13)15-10(14)9-7-4-2-3-5-8(7)11-12-9/h2-5H2,1H3,(H,11,12). The number of nitrogens with one attached hydrogen (secondary N) is 1. The molecule has 0 atom stereocenters. The zero-order valence-corrected chi connectivity index (χ0v) is 8.50. The molecule has 1 aliphatic carbocycles. The molecule has 15 heavy (non-hydrogen) atoms. The molecule has 0 amide bonds. The lowest BCUT2D eigenvalue weighted by Crippen LogP contribution is -2.13. The van der Waals surface area contributed by atoms with Crippen molar-refractivity contribution in [1.82, 2.24) is 10.2 Å². The van der Waals surface area contributed by atoms with Gasteiger partial charge in [0.1, 0.15) is 0 Å². The Bertz CT molecular complexity index is 409. The zero-order valence-electron chi connectivity index (χ0n) is 8.50. The summed E-state index contributed by atoms with van der Waals surface area (Å²) < 4.78 is 4.50. The fourth-order valence-corrected chi connectivity index (χ4v) is 1.83. The molecule has 0 spiro atoms. The summed E-state index contributed by atoms with van der Waals surface area (Å²) in [4.78, 5) is 22.1. The van der Waals surface area contributed by atoms with Crippen molar-refractivity contribution in [2.24, 2.45) is 0 Å². The maximum atomic E-state index is 11.5. The van der Waals surface area contributed by atoms with Crippen LogP contribution in [0.3, 0.4) is 0 Å². The number of H-pyrrole nitrogens is 1. The van der Waals surface area contributed by atoms with E-state index in [4.69, 9.17) is 0 Å². The van der Waals surface area contributed by atoms with Crippen LogP contribution < -0.4 is 0 Å². The Morgan fingerprint density at radius 3 is 2.80 bits per heavy atom. The molecule has 0 saturated carbocycles. The van der Waals surface area contributed by atoms with E-state index in [2.05, 4.69) is 14.9 Å². The molecule has 1 aromatic rings. The van der Waals surface area contributed by atoms with E-state index in [0.717, 1.165) is 36.9 Å². The Kier molecular flexibility index (Phi) is 2.53.